The molecule has 0 saturated carbocycles. The molecule has 0 saturated heterocycles. The fraction of sp³-hybridized carbons (Fsp3) is 0.0625. The molecule has 0 spiro atoms. The van der Waals surface area contributed by atoms with Crippen LogP contribution in [0.1, 0.15) is 0 Å². The van der Waals surface area contributed by atoms with Gasteiger partial charge in [0.15, 0.2) is 0 Å². The second-order valence-electron chi connectivity index (χ2n) is 4.51. The summed E-state index contributed by atoms with van der Waals surface area (Å²) >= 11 is 1.56. The van der Waals surface area contributed by atoms with E-state index in [1.165, 1.54) is 0 Å². The molecule has 2 aromatic carbocycles. The highest BCUT2D eigenvalue weighted by molar-refractivity contribution is 7.13. The Bertz CT molecular complexity index is 835. The lowest BCUT2D eigenvalue weighted by molar-refractivity contribution is 0.415. The first kappa shape index (κ1) is 14.1. The molecule has 108 valence electrons. The van der Waals surface area contributed by atoms with Crippen molar-refractivity contribution in [2.75, 3.05) is 7.11 Å². The number of benzene rings is 2. The van der Waals surface area contributed by atoms with Crippen molar-refractivity contribution in [1.82, 2.24) is 4.98 Å². The number of hydrogen-bond donors (Lipinski definition) is 0. The Kier molecular flexibility index (Phi) is 4.05. The normalized spacial score (nSPS) is 10.0. The molecule has 0 amide bonds. The van der Waals surface area contributed by atoms with E-state index < -0.39 is 0 Å². The van der Waals surface area contributed by atoms with Gasteiger partial charge in [-0.3, -0.25) is 0 Å². The number of methoxy groups -OCH3 is 1. The first-order valence-corrected chi connectivity index (χ1v) is 7.43. The lowest BCUT2D eigenvalue weighted by Gasteiger charge is -2.01. The minimum Gasteiger partial charge on any atom is -0.497 e. The molecule has 0 unspecified atom stereocenters. The quantitative estimate of drug-likeness (QED) is 0.366. The maximum Gasteiger partial charge on any atom is 0.124 e. The Morgan fingerprint density at radius 2 is 1.95 bits per heavy atom. The zero-order valence-electron chi connectivity index (χ0n) is 11.8. The van der Waals surface area contributed by atoms with Crippen molar-refractivity contribution < 1.29 is 4.74 Å². The third-order valence-corrected chi connectivity index (χ3v) is 4.03. The second-order valence-corrected chi connectivity index (χ2v) is 5.36. The molecule has 0 atom stereocenters. The van der Waals surface area contributed by atoms with E-state index in [0.29, 0.717) is 5.69 Å². The van der Waals surface area contributed by atoms with Gasteiger partial charge in [0.1, 0.15) is 10.8 Å². The van der Waals surface area contributed by atoms with Crippen molar-refractivity contribution in [2.45, 2.75) is 0 Å². The minimum atomic E-state index is 0.584. The average molecular weight is 308 g/mol. The molecular weight excluding hydrogens is 296 g/mol. The van der Waals surface area contributed by atoms with Crippen molar-refractivity contribution in [3.63, 3.8) is 0 Å². The fourth-order valence-corrected chi connectivity index (χ4v) is 2.88. The Morgan fingerprint density at radius 3 is 2.68 bits per heavy atom. The highest BCUT2D eigenvalue weighted by Gasteiger charge is 2.07. The van der Waals surface area contributed by atoms with E-state index in [4.69, 9.17) is 10.3 Å². The number of thiazole rings is 1. The summed E-state index contributed by atoms with van der Waals surface area (Å²) in [5.74, 6) is 0.821. The van der Waals surface area contributed by atoms with Crippen LogP contribution in [0, 0.1) is 0 Å². The second kappa shape index (κ2) is 6.30. The molecule has 22 heavy (non-hydrogen) atoms. The van der Waals surface area contributed by atoms with Crippen LogP contribution in [-0.2, 0) is 0 Å². The number of nitrogens with zero attached hydrogens (tertiary/aromatic N) is 4. The van der Waals surface area contributed by atoms with Crippen molar-refractivity contribution >= 4 is 17.0 Å². The van der Waals surface area contributed by atoms with Gasteiger partial charge in [-0.15, -0.1) is 11.3 Å². The van der Waals surface area contributed by atoms with Crippen LogP contribution in [-0.4, -0.2) is 12.1 Å². The Balaban J connectivity index is 1.92. The summed E-state index contributed by atoms with van der Waals surface area (Å²) in [6.07, 6.45) is 0. The molecular formula is C16H12N4OS. The summed E-state index contributed by atoms with van der Waals surface area (Å²) in [5.41, 5.74) is 12.0. The summed E-state index contributed by atoms with van der Waals surface area (Å²) in [5, 5.41) is 6.52. The Hall–Kier alpha value is -2.82. The van der Waals surface area contributed by atoms with E-state index in [0.717, 1.165) is 27.6 Å². The van der Waals surface area contributed by atoms with Crippen LogP contribution in [0.25, 0.3) is 32.3 Å². The Labute approximate surface area is 131 Å². The van der Waals surface area contributed by atoms with Gasteiger partial charge in [0.2, 0.25) is 0 Å². The lowest BCUT2D eigenvalue weighted by Crippen LogP contribution is -1.83. The SMILES string of the molecule is COc1ccc(-c2csc(-c3cccc(N=[N+]=[N-])c3)n2)cc1. The number of rotatable bonds is 4. The number of hydrogen-bond acceptors (Lipinski definition) is 4. The molecule has 3 aromatic rings. The maximum absolute atomic E-state index is 8.51. The predicted molar refractivity (Wildman–Crippen MR) is 88.3 cm³/mol. The van der Waals surface area contributed by atoms with Crippen LogP contribution in [0.4, 0.5) is 5.69 Å². The third-order valence-electron chi connectivity index (χ3n) is 3.14. The summed E-state index contributed by atoms with van der Waals surface area (Å²) in [4.78, 5) is 7.46. The fourth-order valence-electron chi connectivity index (χ4n) is 2.05. The van der Waals surface area contributed by atoms with Gasteiger partial charge in [0.05, 0.1) is 12.8 Å². The van der Waals surface area contributed by atoms with Gasteiger partial charge in [-0.25, -0.2) is 4.98 Å². The van der Waals surface area contributed by atoms with Crippen LogP contribution in [0.15, 0.2) is 59.0 Å². The van der Waals surface area contributed by atoms with Crippen molar-refractivity contribution in [1.29, 1.82) is 0 Å². The third kappa shape index (κ3) is 2.93. The molecule has 0 N–H and O–H groups in total. The van der Waals surface area contributed by atoms with Gasteiger partial charge in [0.25, 0.3) is 0 Å². The van der Waals surface area contributed by atoms with Crippen LogP contribution < -0.4 is 4.74 Å². The maximum atomic E-state index is 8.51. The first-order chi connectivity index (χ1) is 10.8. The van der Waals surface area contributed by atoms with Crippen molar-refractivity contribution in [2.24, 2.45) is 5.11 Å². The van der Waals surface area contributed by atoms with Crippen LogP contribution in [0.5, 0.6) is 5.75 Å². The summed E-state index contributed by atoms with van der Waals surface area (Å²) < 4.78 is 5.16. The summed E-state index contributed by atoms with van der Waals surface area (Å²) in [6.45, 7) is 0. The minimum absolute atomic E-state index is 0.584. The number of aromatic nitrogens is 1. The molecule has 6 heteroatoms. The highest BCUT2D eigenvalue weighted by Crippen LogP contribution is 2.31. The van der Waals surface area contributed by atoms with Crippen LogP contribution in [0.3, 0.4) is 0 Å². The zero-order valence-corrected chi connectivity index (χ0v) is 12.6. The van der Waals surface area contributed by atoms with Crippen molar-refractivity contribution in [3.8, 4) is 27.6 Å². The molecule has 3 rings (SSSR count). The standard InChI is InChI=1S/C16H12N4OS/c1-21-14-7-5-11(6-8-14)15-10-22-16(18-15)12-3-2-4-13(9-12)19-20-17/h2-10H,1H3. The van der Waals surface area contributed by atoms with Gasteiger partial charge >= 0.3 is 0 Å². The van der Waals surface area contributed by atoms with E-state index in [1.54, 1.807) is 24.5 Å². The van der Waals surface area contributed by atoms with Gasteiger partial charge in [-0.1, -0.05) is 23.3 Å². The molecule has 0 aliphatic heterocycles. The van der Waals surface area contributed by atoms with E-state index in [1.807, 2.05) is 47.8 Å². The molecule has 1 heterocycles. The van der Waals surface area contributed by atoms with E-state index >= 15 is 0 Å². The molecule has 5 nitrogen and oxygen atoms in total. The summed E-state index contributed by atoms with van der Waals surface area (Å²) in [7, 11) is 1.65. The largest absolute Gasteiger partial charge is 0.497 e. The molecule has 0 aliphatic rings. The van der Waals surface area contributed by atoms with E-state index in [-0.39, 0.29) is 0 Å². The van der Waals surface area contributed by atoms with E-state index in [2.05, 4.69) is 15.0 Å². The van der Waals surface area contributed by atoms with E-state index in [9.17, 15) is 0 Å². The van der Waals surface area contributed by atoms with Gasteiger partial charge < -0.3 is 4.74 Å². The molecule has 0 aliphatic carbocycles. The Morgan fingerprint density at radius 1 is 1.14 bits per heavy atom. The first-order valence-electron chi connectivity index (χ1n) is 6.55. The lowest BCUT2D eigenvalue weighted by atomic mass is 10.1. The summed E-state index contributed by atoms with van der Waals surface area (Å²) in [6, 6.07) is 15.2. The predicted octanol–water partition coefficient (Wildman–Crippen LogP) is 5.43. The van der Waals surface area contributed by atoms with Crippen LogP contribution >= 0.6 is 11.3 Å². The van der Waals surface area contributed by atoms with Gasteiger partial charge in [-0.05, 0) is 35.9 Å². The molecule has 1 aromatic heterocycles. The zero-order chi connectivity index (χ0) is 15.4. The molecule has 0 radical (unpaired) electrons. The number of ether oxygens (including phenoxy) is 1. The van der Waals surface area contributed by atoms with Crippen LogP contribution in [0.2, 0.25) is 0 Å². The highest BCUT2D eigenvalue weighted by atomic mass is 32.1. The molecule has 0 fully saturated rings. The number of azide groups is 1. The van der Waals surface area contributed by atoms with Crippen molar-refractivity contribution in [3.05, 3.63) is 64.4 Å². The smallest absolute Gasteiger partial charge is 0.124 e. The monoisotopic (exact) mass is 308 g/mol. The van der Waals surface area contributed by atoms with Gasteiger partial charge in [-0.2, -0.15) is 0 Å². The van der Waals surface area contributed by atoms with Gasteiger partial charge in [0, 0.05) is 27.1 Å². The molecule has 0 bridgehead atoms. The topological polar surface area (TPSA) is 70.9 Å². The average Bonchev–Trinajstić information content (AvgIpc) is 3.06.